The Hall–Kier alpha value is 0.816. The molecule has 0 aliphatic carbocycles. The fourth-order valence-electron chi connectivity index (χ4n) is 1.19. The van der Waals surface area contributed by atoms with E-state index in [1.165, 1.54) is 36.3 Å². The molecule has 0 aliphatic rings. The van der Waals surface area contributed by atoms with E-state index in [4.69, 9.17) is 0 Å². The molecule has 1 rings (SSSR count). The van der Waals surface area contributed by atoms with Crippen molar-refractivity contribution in [2.24, 2.45) is 0 Å². The molecule has 1 aromatic carbocycles. The van der Waals surface area contributed by atoms with Gasteiger partial charge >= 0.3 is 23.1 Å². The van der Waals surface area contributed by atoms with Crippen molar-refractivity contribution >= 4 is 34.8 Å². The zero-order valence-electron chi connectivity index (χ0n) is 9.34. The third kappa shape index (κ3) is 9.73. The van der Waals surface area contributed by atoms with Gasteiger partial charge in [0.25, 0.3) is 0 Å². The first-order chi connectivity index (χ1) is 6.43. The van der Waals surface area contributed by atoms with Gasteiger partial charge in [0.15, 0.2) is 0 Å². The van der Waals surface area contributed by atoms with Gasteiger partial charge in [-0.1, -0.05) is 26.2 Å². The molecule has 0 N–H and O–H groups in total. The summed E-state index contributed by atoms with van der Waals surface area (Å²) in [6.07, 6.45) is 5.42. The maximum atomic E-state index is 3.09. The molecule has 0 saturated carbocycles. The number of halogens is 1. The molecule has 15 heavy (non-hydrogen) atoms. The normalized spacial score (nSPS) is 8.87. The number of hydrogen-bond donors (Lipinski definition) is 0. The van der Waals surface area contributed by atoms with Crippen LogP contribution in [0.3, 0.4) is 0 Å². The predicted molar refractivity (Wildman–Crippen MR) is 65.9 cm³/mol. The SMILES string of the molecule is CCCCCCSc1c[c-]ccc1.[Br-].[Mg+2]. The van der Waals surface area contributed by atoms with Gasteiger partial charge in [0.1, 0.15) is 0 Å². The van der Waals surface area contributed by atoms with E-state index in [-0.39, 0.29) is 40.0 Å². The van der Waals surface area contributed by atoms with E-state index in [0.29, 0.717) is 0 Å². The molecule has 0 amide bonds. The molecular weight excluding hydrogens is 280 g/mol. The fourth-order valence-corrected chi connectivity index (χ4v) is 2.10. The summed E-state index contributed by atoms with van der Waals surface area (Å²) in [4.78, 5) is 1.35. The molecule has 0 heterocycles. The Labute approximate surface area is 125 Å². The second-order valence-electron chi connectivity index (χ2n) is 3.15. The van der Waals surface area contributed by atoms with Gasteiger partial charge in [-0.25, -0.2) is 0 Å². The van der Waals surface area contributed by atoms with Gasteiger partial charge < -0.3 is 17.0 Å². The minimum absolute atomic E-state index is 0. The van der Waals surface area contributed by atoms with Crippen molar-refractivity contribution in [3.8, 4) is 0 Å². The summed E-state index contributed by atoms with van der Waals surface area (Å²) < 4.78 is 0. The summed E-state index contributed by atoms with van der Waals surface area (Å²) >= 11 is 1.94. The van der Waals surface area contributed by atoms with Gasteiger partial charge in [-0.3, -0.25) is 0 Å². The topological polar surface area (TPSA) is 0 Å². The summed E-state index contributed by atoms with van der Waals surface area (Å²) in [5.41, 5.74) is 0. The number of thioether (sulfide) groups is 1. The van der Waals surface area contributed by atoms with E-state index >= 15 is 0 Å². The van der Waals surface area contributed by atoms with Gasteiger partial charge in [-0.2, -0.15) is 42.1 Å². The van der Waals surface area contributed by atoms with Crippen molar-refractivity contribution in [1.82, 2.24) is 0 Å². The Morgan fingerprint density at radius 3 is 2.67 bits per heavy atom. The van der Waals surface area contributed by atoms with Crippen LogP contribution in [0.4, 0.5) is 0 Å². The zero-order chi connectivity index (χ0) is 9.36. The smallest absolute Gasteiger partial charge is 1.00 e. The molecule has 0 fully saturated rings. The van der Waals surface area contributed by atoms with E-state index in [1.54, 1.807) is 0 Å². The van der Waals surface area contributed by atoms with E-state index < -0.39 is 0 Å². The van der Waals surface area contributed by atoms with Crippen molar-refractivity contribution in [2.75, 3.05) is 5.75 Å². The van der Waals surface area contributed by atoms with Crippen LogP contribution in [-0.2, 0) is 0 Å². The minimum atomic E-state index is 0. The Kier molecular flexibility index (Phi) is 15.6. The van der Waals surface area contributed by atoms with Crippen molar-refractivity contribution in [3.63, 3.8) is 0 Å². The van der Waals surface area contributed by atoms with Gasteiger partial charge in [-0.15, -0.1) is 4.90 Å². The third-order valence-corrected chi connectivity index (χ3v) is 3.03. The van der Waals surface area contributed by atoms with Crippen LogP contribution in [0, 0.1) is 6.07 Å². The molecule has 0 spiro atoms. The molecule has 0 aromatic heterocycles. The van der Waals surface area contributed by atoms with Crippen LogP contribution >= 0.6 is 11.8 Å². The maximum Gasteiger partial charge on any atom is 2.00 e. The Bertz CT molecular complexity index is 216. The molecule has 0 radical (unpaired) electrons. The van der Waals surface area contributed by atoms with Gasteiger partial charge in [0.05, 0.1) is 0 Å². The average molecular weight is 298 g/mol. The monoisotopic (exact) mass is 296 g/mol. The molecule has 1 aromatic rings. The van der Waals surface area contributed by atoms with Crippen LogP contribution < -0.4 is 17.0 Å². The molecule has 3 heteroatoms. The first kappa shape index (κ1) is 18.2. The van der Waals surface area contributed by atoms with Gasteiger partial charge in [-0.05, 0) is 12.2 Å². The Morgan fingerprint density at radius 2 is 2.07 bits per heavy atom. The van der Waals surface area contributed by atoms with E-state index in [9.17, 15) is 0 Å². The number of benzene rings is 1. The first-order valence-electron chi connectivity index (χ1n) is 5.02. The number of hydrogen-bond acceptors (Lipinski definition) is 1. The molecule has 0 saturated heterocycles. The quantitative estimate of drug-likeness (QED) is 0.324. The summed E-state index contributed by atoms with van der Waals surface area (Å²) in [6.45, 7) is 2.25. The van der Waals surface area contributed by atoms with Crippen LogP contribution in [0.2, 0.25) is 0 Å². The van der Waals surface area contributed by atoms with Crippen molar-refractivity contribution in [1.29, 1.82) is 0 Å². The third-order valence-electron chi connectivity index (χ3n) is 1.95. The van der Waals surface area contributed by atoms with E-state index in [1.807, 2.05) is 23.9 Å². The van der Waals surface area contributed by atoms with Crippen LogP contribution in [0.5, 0.6) is 0 Å². The summed E-state index contributed by atoms with van der Waals surface area (Å²) in [5, 5.41) is 0. The minimum Gasteiger partial charge on any atom is -1.00 e. The zero-order valence-corrected chi connectivity index (χ0v) is 13.2. The van der Waals surface area contributed by atoms with E-state index in [0.717, 1.165) is 0 Å². The Balaban J connectivity index is 0. The van der Waals surface area contributed by atoms with Gasteiger partial charge in [0.2, 0.25) is 0 Å². The molecule has 0 aliphatic heterocycles. The fraction of sp³-hybridized carbons (Fsp3) is 0.500. The largest absolute Gasteiger partial charge is 2.00 e. The molecule has 0 unspecified atom stereocenters. The maximum absolute atomic E-state index is 3.09. The molecule has 0 atom stereocenters. The van der Waals surface area contributed by atoms with Crippen molar-refractivity contribution < 1.29 is 17.0 Å². The van der Waals surface area contributed by atoms with Crippen molar-refractivity contribution in [3.05, 3.63) is 30.3 Å². The molecule has 0 bridgehead atoms. The van der Waals surface area contributed by atoms with Crippen molar-refractivity contribution in [2.45, 2.75) is 37.5 Å². The second-order valence-corrected chi connectivity index (χ2v) is 4.32. The van der Waals surface area contributed by atoms with Crippen LogP contribution in [0.1, 0.15) is 32.6 Å². The summed E-state index contributed by atoms with van der Waals surface area (Å²) in [7, 11) is 0. The molecule has 80 valence electrons. The number of unbranched alkanes of at least 4 members (excludes halogenated alkanes) is 3. The van der Waals surface area contributed by atoms with E-state index in [2.05, 4.69) is 25.1 Å². The Morgan fingerprint density at radius 1 is 1.27 bits per heavy atom. The molecule has 0 nitrogen and oxygen atoms in total. The number of rotatable bonds is 6. The standard InChI is InChI=1S/C12H17S.BrH.Mg/c1-2-3-4-8-11-13-12-9-6-5-7-10-12;;/h5-6,9-10H,2-4,8,11H2,1H3;1H;/q-1;;+2/p-1. The first-order valence-corrected chi connectivity index (χ1v) is 6.01. The molecular formula is C12H17BrMgS. The predicted octanol–water partition coefficient (Wildman–Crippen LogP) is 0.782. The average Bonchev–Trinajstić information content (AvgIpc) is 2.19. The summed E-state index contributed by atoms with van der Waals surface area (Å²) in [6, 6.07) is 11.3. The van der Waals surface area contributed by atoms with Crippen LogP contribution in [0.15, 0.2) is 29.2 Å². The summed E-state index contributed by atoms with van der Waals surface area (Å²) in [5.74, 6) is 1.25. The van der Waals surface area contributed by atoms with Gasteiger partial charge in [0, 0.05) is 0 Å². The van der Waals surface area contributed by atoms with Crippen LogP contribution in [-0.4, -0.2) is 28.8 Å². The van der Waals surface area contributed by atoms with Crippen LogP contribution in [0.25, 0.3) is 0 Å². The second kappa shape index (κ2) is 12.9.